The van der Waals surface area contributed by atoms with E-state index in [1.165, 1.54) is 4.31 Å². The van der Waals surface area contributed by atoms with E-state index < -0.39 is 10.2 Å². The first-order valence-electron chi connectivity index (χ1n) is 8.10. The highest BCUT2D eigenvalue weighted by molar-refractivity contribution is 7.86. The van der Waals surface area contributed by atoms with Crippen molar-refractivity contribution in [2.24, 2.45) is 5.92 Å². The molecule has 128 valence electrons. The van der Waals surface area contributed by atoms with Crippen molar-refractivity contribution in [2.45, 2.75) is 12.3 Å². The third-order valence-corrected chi connectivity index (χ3v) is 6.62. The van der Waals surface area contributed by atoms with Gasteiger partial charge in [-0.25, -0.2) is 0 Å². The number of piperidine rings is 1. The van der Waals surface area contributed by atoms with Crippen LogP contribution < -0.4 is 0 Å². The lowest BCUT2D eigenvalue weighted by atomic mass is 9.86. The van der Waals surface area contributed by atoms with Crippen molar-refractivity contribution < 1.29 is 18.3 Å². The Kier molecular flexibility index (Phi) is 5.33. The van der Waals surface area contributed by atoms with E-state index in [2.05, 4.69) is 0 Å². The van der Waals surface area contributed by atoms with Gasteiger partial charge in [0.25, 0.3) is 10.2 Å². The Hall–Kier alpha value is -0.990. The van der Waals surface area contributed by atoms with E-state index in [1.54, 1.807) is 4.31 Å². The largest absolute Gasteiger partial charge is 0.396 e. The van der Waals surface area contributed by atoms with Gasteiger partial charge in [-0.05, 0) is 23.8 Å². The molecule has 0 amide bonds. The van der Waals surface area contributed by atoms with Crippen LogP contribution in [0.2, 0.25) is 0 Å². The standard InChI is InChI=1S/C16H24N2O4S/c19-13-14-10-16(15-4-2-1-3-5-15)12-18(11-14)23(20,21)17-6-8-22-9-7-17/h1-5,14,16,19H,6-13H2/t14-,16-/m0/s1. The predicted octanol–water partition coefficient (Wildman–Crippen LogP) is 0.661. The van der Waals surface area contributed by atoms with E-state index in [9.17, 15) is 13.5 Å². The highest BCUT2D eigenvalue weighted by atomic mass is 32.2. The van der Waals surface area contributed by atoms with Crippen molar-refractivity contribution in [2.75, 3.05) is 46.0 Å². The summed E-state index contributed by atoms with van der Waals surface area (Å²) >= 11 is 0. The molecule has 2 saturated heterocycles. The number of benzene rings is 1. The maximum atomic E-state index is 12.9. The van der Waals surface area contributed by atoms with Crippen LogP contribution in [0, 0.1) is 5.92 Å². The number of ether oxygens (including phenoxy) is 1. The molecule has 0 unspecified atom stereocenters. The molecule has 7 heteroatoms. The van der Waals surface area contributed by atoms with Gasteiger partial charge in [-0.15, -0.1) is 0 Å². The molecule has 0 spiro atoms. The summed E-state index contributed by atoms with van der Waals surface area (Å²) in [5, 5.41) is 9.59. The fraction of sp³-hybridized carbons (Fsp3) is 0.625. The van der Waals surface area contributed by atoms with E-state index in [1.807, 2.05) is 30.3 Å². The molecule has 2 aliphatic rings. The van der Waals surface area contributed by atoms with Crippen molar-refractivity contribution in [3.8, 4) is 0 Å². The number of aliphatic hydroxyl groups excluding tert-OH is 1. The zero-order valence-corrected chi connectivity index (χ0v) is 14.0. The molecule has 2 aliphatic heterocycles. The third-order valence-electron chi connectivity index (χ3n) is 4.66. The molecule has 3 rings (SSSR count). The lowest BCUT2D eigenvalue weighted by Crippen LogP contribution is -2.52. The first-order valence-corrected chi connectivity index (χ1v) is 9.49. The van der Waals surface area contributed by atoms with Crippen molar-refractivity contribution in [1.29, 1.82) is 0 Å². The predicted molar refractivity (Wildman–Crippen MR) is 87.3 cm³/mol. The zero-order valence-electron chi connectivity index (χ0n) is 13.2. The Labute approximate surface area is 137 Å². The van der Waals surface area contributed by atoms with E-state index in [0.717, 1.165) is 12.0 Å². The molecule has 0 bridgehead atoms. The van der Waals surface area contributed by atoms with Crippen molar-refractivity contribution in [1.82, 2.24) is 8.61 Å². The molecule has 23 heavy (non-hydrogen) atoms. The van der Waals surface area contributed by atoms with Gasteiger partial charge in [-0.2, -0.15) is 17.0 Å². The van der Waals surface area contributed by atoms with Crippen LogP contribution in [-0.4, -0.2) is 68.1 Å². The van der Waals surface area contributed by atoms with E-state index in [-0.39, 0.29) is 18.4 Å². The number of aliphatic hydroxyl groups is 1. The van der Waals surface area contributed by atoms with Gasteiger partial charge in [-0.3, -0.25) is 0 Å². The minimum atomic E-state index is -3.49. The first-order chi connectivity index (χ1) is 11.1. The van der Waals surface area contributed by atoms with Gasteiger partial charge in [0.05, 0.1) is 13.2 Å². The number of hydrogen-bond donors (Lipinski definition) is 1. The molecule has 2 atom stereocenters. The van der Waals surface area contributed by atoms with Crippen molar-refractivity contribution in [3.05, 3.63) is 35.9 Å². The Bertz CT molecular complexity index is 602. The molecule has 0 aromatic heterocycles. The van der Waals surface area contributed by atoms with Crippen molar-refractivity contribution in [3.63, 3.8) is 0 Å². The Morgan fingerprint density at radius 3 is 2.43 bits per heavy atom. The van der Waals surface area contributed by atoms with Gasteiger partial charge in [0.2, 0.25) is 0 Å². The monoisotopic (exact) mass is 340 g/mol. The number of nitrogens with zero attached hydrogens (tertiary/aromatic N) is 2. The van der Waals surface area contributed by atoms with Crippen LogP contribution in [0.5, 0.6) is 0 Å². The molecule has 1 aromatic carbocycles. The van der Waals surface area contributed by atoms with Crippen LogP contribution in [0.25, 0.3) is 0 Å². The second-order valence-corrected chi connectivity index (χ2v) is 8.16. The molecule has 6 nitrogen and oxygen atoms in total. The SMILES string of the molecule is O=S(=O)(N1CCOCC1)N1C[C@@H](CO)C[C@H](c2ccccc2)C1. The quantitative estimate of drug-likeness (QED) is 0.874. The number of hydrogen-bond acceptors (Lipinski definition) is 4. The first kappa shape index (κ1) is 16.9. The topological polar surface area (TPSA) is 70.1 Å². The Balaban J connectivity index is 1.80. The fourth-order valence-electron chi connectivity index (χ4n) is 3.39. The number of morpholine rings is 1. The zero-order chi connectivity index (χ0) is 16.3. The highest BCUT2D eigenvalue weighted by Gasteiger charge is 2.37. The van der Waals surface area contributed by atoms with Gasteiger partial charge in [0.1, 0.15) is 0 Å². The minimum absolute atomic E-state index is 0.0124. The molecule has 0 aliphatic carbocycles. The van der Waals surface area contributed by atoms with Gasteiger partial charge in [0, 0.05) is 32.8 Å². The summed E-state index contributed by atoms with van der Waals surface area (Å²) in [4.78, 5) is 0. The second kappa shape index (κ2) is 7.27. The highest BCUT2D eigenvalue weighted by Crippen LogP contribution is 2.32. The van der Waals surface area contributed by atoms with Gasteiger partial charge >= 0.3 is 0 Å². The van der Waals surface area contributed by atoms with Gasteiger partial charge in [-0.1, -0.05) is 30.3 Å². The third kappa shape index (κ3) is 3.75. The summed E-state index contributed by atoms with van der Waals surface area (Å²) in [7, 11) is -3.49. The summed E-state index contributed by atoms with van der Waals surface area (Å²) in [6.45, 7) is 2.56. The fourth-order valence-corrected chi connectivity index (χ4v) is 5.09. The maximum Gasteiger partial charge on any atom is 0.282 e. The second-order valence-electron chi connectivity index (χ2n) is 6.23. The molecule has 1 aromatic rings. The number of rotatable bonds is 4. The summed E-state index contributed by atoms with van der Waals surface area (Å²) in [6.07, 6.45) is 0.815. The molecule has 1 N–H and O–H groups in total. The minimum Gasteiger partial charge on any atom is -0.396 e. The molecular weight excluding hydrogens is 316 g/mol. The van der Waals surface area contributed by atoms with Crippen LogP contribution in [0.15, 0.2) is 30.3 Å². The van der Waals surface area contributed by atoms with Gasteiger partial charge in [0.15, 0.2) is 0 Å². The van der Waals surface area contributed by atoms with E-state index in [0.29, 0.717) is 39.4 Å². The average Bonchev–Trinajstić information content (AvgIpc) is 2.62. The normalized spacial score (nSPS) is 27.9. The molecule has 0 saturated carbocycles. The summed E-state index contributed by atoms with van der Waals surface area (Å²) in [5.74, 6) is 0.0997. The Morgan fingerprint density at radius 2 is 1.78 bits per heavy atom. The van der Waals surface area contributed by atoms with E-state index in [4.69, 9.17) is 4.74 Å². The lowest BCUT2D eigenvalue weighted by molar-refractivity contribution is 0.0676. The average molecular weight is 340 g/mol. The summed E-state index contributed by atoms with van der Waals surface area (Å²) in [6, 6.07) is 9.96. The van der Waals surface area contributed by atoms with Crippen LogP contribution in [-0.2, 0) is 14.9 Å². The van der Waals surface area contributed by atoms with Crippen LogP contribution in [0.1, 0.15) is 17.9 Å². The van der Waals surface area contributed by atoms with Crippen LogP contribution in [0.4, 0.5) is 0 Å². The van der Waals surface area contributed by atoms with Gasteiger partial charge < -0.3 is 9.84 Å². The summed E-state index contributed by atoms with van der Waals surface area (Å²) in [5.41, 5.74) is 1.13. The lowest BCUT2D eigenvalue weighted by Gasteiger charge is -2.39. The molecular formula is C16H24N2O4S. The van der Waals surface area contributed by atoms with Crippen LogP contribution >= 0.6 is 0 Å². The summed E-state index contributed by atoms with van der Waals surface area (Å²) < 4.78 is 34.1. The molecule has 0 radical (unpaired) electrons. The molecule has 2 fully saturated rings. The smallest absolute Gasteiger partial charge is 0.282 e. The van der Waals surface area contributed by atoms with E-state index >= 15 is 0 Å². The van der Waals surface area contributed by atoms with Crippen molar-refractivity contribution >= 4 is 10.2 Å². The Morgan fingerprint density at radius 1 is 1.09 bits per heavy atom. The van der Waals surface area contributed by atoms with Crippen LogP contribution in [0.3, 0.4) is 0 Å². The molecule has 2 heterocycles. The maximum absolute atomic E-state index is 12.9.